The molecule has 1 aliphatic rings. The number of piperidine rings is 1. The monoisotopic (exact) mass is 588 g/mol. The first kappa shape index (κ1) is 30.4. The van der Waals surface area contributed by atoms with Crippen LogP contribution in [-0.2, 0) is 17.9 Å². The Morgan fingerprint density at radius 2 is 1.93 bits per heavy atom. The average Bonchev–Trinajstić information content (AvgIpc) is 3.47. The molecule has 0 aliphatic carbocycles. The summed E-state index contributed by atoms with van der Waals surface area (Å²) in [6.45, 7) is 8.73. The lowest BCUT2D eigenvalue weighted by Gasteiger charge is -2.31. The van der Waals surface area contributed by atoms with Crippen LogP contribution in [0.25, 0.3) is 22.7 Å². The molecule has 4 rings (SSSR count). The van der Waals surface area contributed by atoms with Gasteiger partial charge in [-0.3, -0.25) is 14.2 Å². The minimum atomic E-state index is -4.62. The van der Waals surface area contributed by atoms with Crippen molar-refractivity contribution in [1.29, 1.82) is 5.26 Å². The number of amides is 1. The highest BCUT2D eigenvalue weighted by molar-refractivity contribution is 7.07. The van der Waals surface area contributed by atoms with Gasteiger partial charge in [0.2, 0.25) is 0 Å². The van der Waals surface area contributed by atoms with Gasteiger partial charge < -0.3 is 20.1 Å². The molecule has 0 spiro atoms. The number of hydrogen-bond donors (Lipinski definition) is 2. The zero-order chi connectivity index (χ0) is 29.7. The van der Waals surface area contributed by atoms with E-state index in [1.54, 1.807) is 18.3 Å². The van der Waals surface area contributed by atoms with Crippen LogP contribution >= 0.6 is 11.3 Å². The molecule has 41 heavy (non-hydrogen) atoms. The number of carbonyl (C=O) groups excluding carboxylic acids is 1. The Bertz CT molecular complexity index is 1620. The highest BCUT2D eigenvalue weighted by Gasteiger charge is 2.29. The number of likely N-dealkylation sites (tertiary alicyclic amines) is 1. The number of aromatic nitrogens is 2. The molecule has 3 heterocycles. The van der Waals surface area contributed by atoms with Crippen LogP contribution in [0.5, 0.6) is 0 Å². The number of benzene rings is 1. The topological polar surface area (TPSA) is 95.1 Å². The van der Waals surface area contributed by atoms with Gasteiger partial charge in [-0.1, -0.05) is 13.8 Å². The molecule has 0 bridgehead atoms. The highest BCUT2D eigenvalue weighted by Crippen LogP contribution is 2.36. The van der Waals surface area contributed by atoms with Crippen LogP contribution in [0, 0.1) is 11.3 Å². The first-order valence-corrected chi connectivity index (χ1v) is 14.7. The Morgan fingerprint density at radius 1 is 1.20 bits per heavy atom. The first-order valence-electron chi connectivity index (χ1n) is 13.9. The van der Waals surface area contributed by atoms with Crippen molar-refractivity contribution in [2.75, 3.05) is 31.5 Å². The summed E-state index contributed by atoms with van der Waals surface area (Å²) in [4.78, 5) is 27.9. The van der Waals surface area contributed by atoms with E-state index in [1.165, 1.54) is 21.7 Å². The molecule has 12 heteroatoms. The molecule has 2 N–H and O–H groups in total. The summed E-state index contributed by atoms with van der Waals surface area (Å²) in [6.07, 6.45) is 2.41. The van der Waals surface area contributed by atoms with Gasteiger partial charge in [-0.2, -0.15) is 18.4 Å². The van der Waals surface area contributed by atoms with Crippen molar-refractivity contribution in [3.8, 4) is 6.07 Å². The molecule has 0 saturated carbocycles. The van der Waals surface area contributed by atoms with Gasteiger partial charge in [0.1, 0.15) is 21.8 Å². The highest BCUT2D eigenvalue weighted by atomic mass is 32.1. The molecule has 1 saturated heterocycles. The van der Waals surface area contributed by atoms with Crippen molar-refractivity contribution in [2.24, 2.45) is 0 Å². The van der Waals surface area contributed by atoms with E-state index < -0.39 is 29.8 Å². The van der Waals surface area contributed by atoms with Crippen molar-refractivity contribution in [3.05, 3.63) is 49.5 Å². The van der Waals surface area contributed by atoms with Gasteiger partial charge in [-0.05, 0) is 75.5 Å². The molecule has 1 aliphatic heterocycles. The van der Waals surface area contributed by atoms with Gasteiger partial charge >= 0.3 is 6.18 Å². The van der Waals surface area contributed by atoms with E-state index in [0.717, 1.165) is 68.0 Å². The summed E-state index contributed by atoms with van der Waals surface area (Å²) in [5.74, 6) is -0.704. The smallest absolute Gasteiger partial charge is 0.360 e. The maximum atomic E-state index is 13.1. The number of carbonyl (C=O) groups is 1. The summed E-state index contributed by atoms with van der Waals surface area (Å²) in [5, 5.41) is 15.6. The number of alkyl halides is 3. The van der Waals surface area contributed by atoms with E-state index in [1.807, 2.05) is 6.07 Å². The van der Waals surface area contributed by atoms with Crippen LogP contribution in [0.3, 0.4) is 0 Å². The van der Waals surface area contributed by atoms with Crippen LogP contribution < -0.4 is 25.4 Å². The Balaban J connectivity index is 1.69. The van der Waals surface area contributed by atoms with Crippen LogP contribution in [0.1, 0.15) is 51.5 Å². The number of nitrogens with one attached hydrogen (secondary N) is 2. The molecule has 2 aromatic heterocycles. The van der Waals surface area contributed by atoms with Gasteiger partial charge in [0.05, 0.1) is 0 Å². The minimum Gasteiger partial charge on any atom is -0.360 e. The van der Waals surface area contributed by atoms with E-state index in [0.29, 0.717) is 5.92 Å². The molecule has 1 aromatic carbocycles. The van der Waals surface area contributed by atoms with Crippen molar-refractivity contribution >= 4 is 45.6 Å². The van der Waals surface area contributed by atoms with Crippen molar-refractivity contribution in [1.82, 2.24) is 19.4 Å². The van der Waals surface area contributed by atoms with Gasteiger partial charge in [0.15, 0.2) is 5.57 Å². The third-order valence-corrected chi connectivity index (χ3v) is 8.58. The number of rotatable bonds is 9. The summed E-state index contributed by atoms with van der Waals surface area (Å²) in [7, 11) is 0. The molecule has 1 fully saturated rings. The van der Waals surface area contributed by atoms with Gasteiger partial charge in [-0.25, -0.2) is 0 Å². The van der Waals surface area contributed by atoms with Crippen molar-refractivity contribution in [3.63, 3.8) is 0 Å². The molecule has 0 radical (unpaired) electrons. The lowest BCUT2D eigenvalue weighted by molar-refractivity contribution is -0.135. The second-order valence-corrected chi connectivity index (χ2v) is 11.1. The van der Waals surface area contributed by atoms with Crippen molar-refractivity contribution in [2.45, 2.75) is 65.2 Å². The fraction of sp³-hybridized carbons (Fsp3) is 0.483. The number of halogens is 3. The second kappa shape index (κ2) is 13.0. The number of anilines is 1. The third kappa shape index (κ3) is 6.85. The summed E-state index contributed by atoms with van der Waals surface area (Å²) in [6, 6.07) is 7.77. The van der Waals surface area contributed by atoms with Gasteiger partial charge in [0, 0.05) is 42.1 Å². The number of nitriles is 1. The second-order valence-electron chi connectivity index (χ2n) is 10.1. The quantitative estimate of drug-likeness (QED) is 0.398. The number of thiazole rings is 1. The molecule has 0 atom stereocenters. The lowest BCUT2D eigenvalue weighted by atomic mass is 9.89. The molecule has 8 nitrogen and oxygen atoms in total. The summed E-state index contributed by atoms with van der Waals surface area (Å²) in [5.41, 5.74) is 2.31. The van der Waals surface area contributed by atoms with Crippen molar-refractivity contribution < 1.29 is 18.0 Å². The Morgan fingerprint density at radius 3 is 2.54 bits per heavy atom. The Kier molecular flexibility index (Phi) is 9.60. The molecular formula is C29H35F3N6O2S. The number of fused-ring (bicyclic) bond motifs is 1. The van der Waals surface area contributed by atoms with E-state index in [9.17, 15) is 28.0 Å². The molecule has 3 aromatic rings. The molecule has 220 valence electrons. The van der Waals surface area contributed by atoms with Crippen LogP contribution in [0.2, 0.25) is 0 Å². The van der Waals surface area contributed by atoms with E-state index in [4.69, 9.17) is 0 Å². The SMILES string of the molecule is CCCn1cc(C2CCN(CC)CC2)c2cc(N/C=c3\s/c(=C(\C#N)C(=O)NCC(F)(F)F)n(CC)c3=O)ccc21. The summed E-state index contributed by atoms with van der Waals surface area (Å²) < 4.78 is 41.5. The third-order valence-electron chi connectivity index (χ3n) is 7.45. The largest absolute Gasteiger partial charge is 0.405 e. The van der Waals surface area contributed by atoms with E-state index in [2.05, 4.69) is 47.0 Å². The van der Waals surface area contributed by atoms with Crippen LogP contribution in [0.15, 0.2) is 29.2 Å². The van der Waals surface area contributed by atoms with E-state index in [-0.39, 0.29) is 15.7 Å². The standard InChI is InChI=1S/C29H35F3N6O2S/c1-4-11-37-17-23(19-9-12-36(5-2)13-10-19)21-14-20(7-8-24(21)37)34-16-25-27(40)38(6-3)28(41-25)22(15-33)26(39)35-18-29(30,31)32/h7-8,14,16-17,19,34H,4-6,9-13,18H2,1-3H3,(H,35,39)/b25-16-,28-22+. The summed E-state index contributed by atoms with van der Waals surface area (Å²) >= 11 is 0.889. The number of aryl methyl sites for hydroxylation is 1. The Labute approximate surface area is 240 Å². The lowest BCUT2D eigenvalue weighted by Crippen LogP contribution is -2.37. The predicted molar refractivity (Wildman–Crippen MR) is 156 cm³/mol. The molecule has 0 unspecified atom stereocenters. The zero-order valence-electron chi connectivity index (χ0n) is 23.5. The van der Waals surface area contributed by atoms with Gasteiger partial charge in [-0.15, -0.1) is 11.3 Å². The van der Waals surface area contributed by atoms with Crippen LogP contribution in [0.4, 0.5) is 18.9 Å². The fourth-order valence-corrected chi connectivity index (χ4v) is 6.42. The maximum Gasteiger partial charge on any atom is 0.405 e. The first-order chi connectivity index (χ1) is 19.6. The Hall–Kier alpha value is -3.56. The normalized spacial score (nSPS) is 16.2. The fourth-order valence-electron chi connectivity index (χ4n) is 5.33. The van der Waals surface area contributed by atoms with E-state index >= 15 is 0 Å². The maximum absolute atomic E-state index is 13.1. The minimum absolute atomic E-state index is 0.0144. The number of hydrogen-bond acceptors (Lipinski definition) is 6. The predicted octanol–water partition coefficient (Wildman–Crippen LogP) is 3.70. The molecular weight excluding hydrogens is 553 g/mol. The average molecular weight is 589 g/mol. The molecule has 1 amide bonds. The van der Waals surface area contributed by atoms with Gasteiger partial charge in [0.25, 0.3) is 11.5 Å². The van der Waals surface area contributed by atoms with Crippen LogP contribution in [-0.4, -0.2) is 52.3 Å². The zero-order valence-corrected chi connectivity index (χ0v) is 24.3. The number of nitrogens with zero attached hydrogens (tertiary/aromatic N) is 4.